The molecule has 0 saturated heterocycles. The van der Waals surface area contributed by atoms with E-state index in [0.29, 0.717) is 6.54 Å². The third-order valence-corrected chi connectivity index (χ3v) is 3.02. The zero-order valence-corrected chi connectivity index (χ0v) is 8.53. The molecule has 14 heavy (non-hydrogen) atoms. The Bertz CT molecular complexity index is 209. The second kappa shape index (κ2) is 4.61. The lowest BCUT2D eigenvalue weighted by Crippen LogP contribution is -2.55. The molecule has 82 valence electrons. The van der Waals surface area contributed by atoms with Crippen molar-refractivity contribution >= 4 is 5.84 Å². The lowest BCUT2D eigenvalue weighted by Gasteiger charge is -2.41. The first-order valence-corrected chi connectivity index (χ1v) is 4.97. The number of hydrogen-bond donors (Lipinski definition) is 4. The number of aliphatic hydroxyl groups excluding tert-OH is 1. The van der Waals surface area contributed by atoms with Gasteiger partial charge in [-0.25, -0.2) is 0 Å². The van der Waals surface area contributed by atoms with Crippen LogP contribution in [-0.2, 0) is 0 Å². The molecule has 0 radical (unpaired) electrons. The molecule has 0 aromatic heterocycles. The minimum atomic E-state index is -0.107. The van der Waals surface area contributed by atoms with Gasteiger partial charge in [-0.05, 0) is 19.3 Å². The molecule has 0 spiro atoms. The number of nitrogens with two attached hydrogens (primary N) is 1. The molecule has 0 aromatic carbocycles. The molecule has 5 heteroatoms. The van der Waals surface area contributed by atoms with Gasteiger partial charge in [-0.15, -0.1) is 0 Å². The van der Waals surface area contributed by atoms with Gasteiger partial charge in [-0.1, -0.05) is 12.1 Å². The van der Waals surface area contributed by atoms with Crippen molar-refractivity contribution in [2.45, 2.75) is 31.7 Å². The van der Waals surface area contributed by atoms with E-state index in [2.05, 4.69) is 10.5 Å². The summed E-state index contributed by atoms with van der Waals surface area (Å²) in [6.45, 7) is 2.68. The first-order chi connectivity index (χ1) is 6.63. The molecule has 0 aromatic rings. The van der Waals surface area contributed by atoms with Gasteiger partial charge in [0.1, 0.15) is 5.84 Å². The van der Waals surface area contributed by atoms with Gasteiger partial charge in [0.05, 0.1) is 6.61 Å². The first kappa shape index (κ1) is 11.3. The van der Waals surface area contributed by atoms with Crippen molar-refractivity contribution in [3.05, 3.63) is 0 Å². The number of hydrogen-bond acceptors (Lipinski definition) is 4. The summed E-state index contributed by atoms with van der Waals surface area (Å²) in [4.78, 5) is 0. The summed E-state index contributed by atoms with van der Waals surface area (Å²) < 4.78 is 0. The predicted octanol–water partition coefficient (Wildman–Crippen LogP) is -0.126. The number of amidine groups is 1. The molecule has 5 nitrogen and oxygen atoms in total. The normalized spacial score (nSPS) is 22.9. The van der Waals surface area contributed by atoms with E-state index < -0.39 is 0 Å². The molecule has 1 unspecified atom stereocenters. The van der Waals surface area contributed by atoms with Crippen molar-refractivity contribution in [3.63, 3.8) is 0 Å². The zero-order valence-electron chi connectivity index (χ0n) is 8.53. The number of rotatable bonds is 5. The van der Waals surface area contributed by atoms with Crippen molar-refractivity contribution in [2.75, 3.05) is 13.2 Å². The van der Waals surface area contributed by atoms with Gasteiger partial charge in [0.2, 0.25) is 0 Å². The molecule has 0 amide bonds. The molecular formula is C9H19N3O2. The molecule has 1 fully saturated rings. The topological polar surface area (TPSA) is 90.9 Å². The summed E-state index contributed by atoms with van der Waals surface area (Å²) in [5.41, 5.74) is 5.34. The third-order valence-electron chi connectivity index (χ3n) is 3.02. The summed E-state index contributed by atoms with van der Waals surface area (Å²) in [5.74, 6) is 0.217. The minimum absolute atomic E-state index is 0.0102. The lowest BCUT2D eigenvalue weighted by molar-refractivity contribution is 0.0873. The summed E-state index contributed by atoms with van der Waals surface area (Å²) in [7, 11) is 0. The molecule has 0 aliphatic heterocycles. The average molecular weight is 201 g/mol. The second-order valence-electron chi connectivity index (χ2n) is 4.10. The lowest BCUT2D eigenvalue weighted by atomic mass is 9.77. The maximum absolute atomic E-state index is 9.17. The molecular weight excluding hydrogens is 182 g/mol. The van der Waals surface area contributed by atoms with Crippen LogP contribution in [0.4, 0.5) is 0 Å². The highest BCUT2D eigenvalue weighted by Gasteiger charge is 2.35. The van der Waals surface area contributed by atoms with E-state index >= 15 is 0 Å². The maximum Gasteiger partial charge on any atom is 0.143 e. The van der Waals surface area contributed by atoms with E-state index in [1.165, 1.54) is 0 Å². The van der Waals surface area contributed by atoms with Crippen LogP contribution >= 0.6 is 0 Å². The summed E-state index contributed by atoms with van der Waals surface area (Å²) >= 11 is 0. The molecule has 5 N–H and O–H groups in total. The quantitative estimate of drug-likeness (QED) is 0.216. The van der Waals surface area contributed by atoms with Crippen LogP contribution in [0.2, 0.25) is 0 Å². The van der Waals surface area contributed by atoms with E-state index in [9.17, 15) is 5.11 Å². The highest BCUT2D eigenvalue weighted by molar-refractivity contribution is 5.82. The molecule has 1 atom stereocenters. The van der Waals surface area contributed by atoms with Crippen molar-refractivity contribution in [1.82, 2.24) is 5.32 Å². The largest absolute Gasteiger partial charge is 0.409 e. The number of nitrogens with one attached hydrogen (secondary N) is 1. The van der Waals surface area contributed by atoms with Crippen LogP contribution in [-0.4, -0.2) is 34.8 Å². The fraction of sp³-hybridized carbons (Fsp3) is 0.889. The van der Waals surface area contributed by atoms with Gasteiger partial charge < -0.3 is 21.4 Å². The summed E-state index contributed by atoms with van der Waals surface area (Å²) in [6, 6.07) is 0. The van der Waals surface area contributed by atoms with Crippen LogP contribution in [0.25, 0.3) is 0 Å². The Kier molecular flexibility index (Phi) is 3.71. The van der Waals surface area contributed by atoms with Gasteiger partial charge in [0.25, 0.3) is 0 Å². The molecule has 1 rings (SSSR count). The smallest absolute Gasteiger partial charge is 0.143 e. The van der Waals surface area contributed by atoms with Gasteiger partial charge in [0, 0.05) is 18.0 Å². The van der Waals surface area contributed by atoms with Crippen molar-refractivity contribution in [2.24, 2.45) is 16.8 Å². The minimum Gasteiger partial charge on any atom is -0.409 e. The van der Waals surface area contributed by atoms with Crippen LogP contribution < -0.4 is 11.1 Å². The molecule has 0 heterocycles. The van der Waals surface area contributed by atoms with E-state index in [1.54, 1.807) is 0 Å². The van der Waals surface area contributed by atoms with Gasteiger partial charge in [-0.2, -0.15) is 0 Å². The second-order valence-corrected chi connectivity index (χ2v) is 4.10. The Morgan fingerprint density at radius 2 is 2.29 bits per heavy atom. The van der Waals surface area contributed by atoms with Gasteiger partial charge in [0.15, 0.2) is 0 Å². The Labute approximate surface area is 84.0 Å². The van der Waals surface area contributed by atoms with Gasteiger partial charge >= 0.3 is 0 Å². The maximum atomic E-state index is 9.17. The third kappa shape index (κ3) is 2.36. The van der Waals surface area contributed by atoms with E-state index in [0.717, 1.165) is 19.3 Å². The number of aliphatic hydroxyl groups is 1. The Morgan fingerprint density at radius 3 is 2.64 bits per heavy atom. The Balaban J connectivity index is 2.32. The molecule has 1 aliphatic carbocycles. The summed E-state index contributed by atoms with van der Waals surface area (Å²) in [6.07, 6.45) is 3.17. The SMILES string of the molecule is CC(CNC1(CO)CCC1)C(N)=NO. The van der Waals surface area contributed by atoms with Crippen LogP contribution in [0, 0.1) is 5.92 Å². The summed E-state index contributed by atoms with van der Waals surface area (Å²) in [5, 5.41) is 23.8. The van der Waals surface area contributed by atoms with Crippen molar-refractivity contribution < 1.29 is 10.3 Å². The highest BCUT2D eigenvalue weighted by atomic mass is 16.4. The fourth-order valence-corrected chi connectivity index (χ4v) is 1.57. The van der Waals surface area contributed by atoms with Crippen molar-refractivity contribution in [3.8, 4) is 0 Å². The standard InChI is InChI=1S/C9H19N3O2/c1-7(8(10)12-14)5-11-9(6-13)3-2-4-9/h7,11,13-14H,2-6H2,1H3,(H2,10,12). The first-order valence-electron chi connectivity index (χ1n) is 4.97. The van der Waals surface area contributed by atoms with Crippen LogP contribution in [0.3, 0.4) is 0 Å². The predicted molar refractivity (Wildman–Crippen MR) is 54.2 cm³/mol. The zero-order chi connectivity index (χ0) is 10.6. The monoisotopic (exact) mass is 201 g/mol. The van der Waals surface area contributed by atoms with E-state index in [1.807, 2.05) is 6.92 Å². The Hall–Kier alpha value is -0.810. The van der Waals surface area contributed by atoms with E-state index in [4.69, 9.17) is 10.9 Å². The van der Waals surface area contributed by atoms with Crippen LogP contribution in [0.1, 0.15) is 26.2 Å². The molecule has 0 bridgehead atoms. The number of oxime groups is 1. The molecule has 1 aliphatic rings. The van der Waals surface area contributed by atoms with Crippen LogP contribution in [0.5, 0.6) is 0 Å². The fourth-order valence-electron chi connectivity index (χ4n) is 1.57. The highest BCUT2D eigenvalue weighted by Crippen LogP contribution is 2.31. The van der Waals surface area contributed by atoms with Crippen molar-refractivity contribution in [1.29, 1.82) is 0 Å². The average Bonchev–Trinajstić information content (AvgIpc) is 2.15. The van der Waals surface area contributed by atoms with Gasteiger partial charge in [-0.3, -0.25) is 0 Å². The van der Waals surface area contributed by atoms with Crippen LogP contribution in [0.15, 0.2) is 5.16 Å². The van der Waals surface area contributed by atoms with E-state index in [-0.39, 0.29) is 23.9 Å². The molecule has 1 saturated carbocycles. The Morgan fingerprint density at radius 1 is 1.64 bits per heavy atom. The number of nitrogens with zero attached hydrogens (tertiary/aromatic N) is 1.